The van der Waals surface area contributed by atoms with Gasteiger partial charge < -0.3 is 19.7 Å². The van der Waals surface area contributed by atoms with Crippen molar-refractivity contribution in [3.8, 4) is 5.75 Å². The summed E-state index contributed by atoms with van der Waals surface area (Å²) in [4.78, 5) is 18.2. The van der Waals surface area contributed by atoms with Crippen molar-refractivity contribution in [2.45, 2.75) is 64.4 Å². The lowest BCUT2D eigenvalue weighted by Crippen LogP contribution is -2.25. The number of nitrogens with zero attached hydrogens (tertiary/aromatic N) is 1. The number of aromatic amines is 1. The van der Waals surface area contributed by atoms with Crippen molar-refractivity contribution in [3.05, 3.63) is 68.6 Å². The summed E-state index contributed by atoms with van der Waals surface area (Å²) in [6.45, 7) is 8.06. The fraction of sp³-hybridized carbons (Fsp3) is 0.536. The van der Waals surface area contributed by atoms with Gasteiger partial charge in [-0.2, -0.15) is 0 Å². The Morgan fingerprint density at radius 3 is 2.59 bits per heavy atom. The molecule has 2 fully saturated rings. The molecule has 184 valence electrons. The van der Waals surface area contributed by atoms with E-state index in [1.807, 2.05) is 30.3 Å². The van der Waals surface area contributed by atoms with Gasteiger partial charge in [-0.1, -0.05) is 43.7 Å². The minimum Gasteiger partial charge on any atom is -0.492 e. The SMILES string of the molecule is CCN(CC)CCCOc1ccc(/C(=C\[C@H]2CCC(O)C2)c2ccc(C3CC3)c(=O)[nH]2)cc1Cl. The highest BCUT2D eigenvalue weighted by atomic mass is 35.5. The molecule has 34 heavy (non-hydrogen) atoms. The number of benzene rings is 1. The van der Waals surface area contributed by atoms with Crippen LogP contribution >= 0.6 is 11.6 Å². The molecule has 4 rings (SSSR count). The summed E-state index contributed by atoms with van der Waals surface area (Å²) < 4.78 is 5.96. The summed E-state index contributed by atoms with van der Waals surface area (Å²) in [5.41, 5.74) is 3.56. The number of H-pyrrole nitrogens is 1. The molecule has 2 atom stereocenters. The van der Waals surface area contributed by atoms with Gasteiger partial charge in [0.1, 0.15) is 5.75 Å². The highest BCUT2D eigenvalue weighted by Gasteiger charge is 2.27. The van der Waals surface area contributed by atoms with E-state index in [0.717, 1.165) is 80.6 Å². The van der Waals surface area contributed by atoms with Gasteiger partial charge in [-0.05, 0) is 87.2 Å². The van der Waals surface area contributed by atoms with Crippen molar-refractivity contribution in [2.24, 2.45) is 5.92 Å². The van der Waals surface area contributed by atoms with E-state index in [4.69, 9.17) is 16.3 Å². The first-order valence-electron chi connectivity index (χ1n) is 12.8. The van der Waals surface area contributed by atoms with E-state index in [1.165, 1.54) is 0 Å². The van der Waals surface area contributed by atoms with Crippen molar-refractivity contribution < 1.29 is 9.84 Å². The van der Waals surface area contributed by atoms with Gasteiger partial charge in [-0.15, -0.1) is 0 Å². The van der Waals surface area contributed by atoms with Crippen LogP contribution in [0.1, 0.15) is 75.1 Å². The Labute approximate surface area is 207 Å². The summed E-state index contributed by atoms with van der Waals surface area (Å²) in [5.74, 6) is 1.35. The number of hydrogen-bond acceptors (Lipinski definition) is 4. The predicted octanol–water partition coefficient (Wildman–Crippen LogP) is 5.61. The van der Waals surface area contributed by atoms with E-state index in [2.05, 4.69) is 29.8 Å². The topological polar surface area (TPSA) is 65.6 Å². The number of ether oxygens (including phenoxy) is 1. The van der Waals surface area contributed by atoms with Crippen LogP contribution in [-0.4, -0.2) is 47.3 Å². The zero-order valence-electron chi connectivity index (χ0n) is 20.4. The Kier molecular flexibility index (Phi) is 8.51. The Bertz CT molecular complexity index is 1060. The highest BCUT2D eigenvalue weighted by Crippen LogP contribution is 2.39. The molecule has 1 heterocycles. The van der Waals surface area contributed by atoms with Crippen molar-refractivity contribution in [2.75, 3.05) is 26.2 Å². The summed E-state index contributed by atoms with van der Waals surface area (Å²) in [6, 6.07) is 9.83. The number of aromatic nitrogens is 1. The maximum atomic E-state index is 12.7. The number of aliphatic hydroxyl groups excluding tert-OH is 1. The zero-order chi connectivity index (χ0) is 24.1. The maximum absolute atomic E-state index is 12.7. The smallest absolute Gasteiger partial charge is 0.251 e. The van der Waals surface area contributed by atoms with Crippen LogP contribution in [0.2, 0.25) is 5.02 Å². The molecule has 5 nitrogen and oxygen atoms in total. The summed E-state index contributed by atoms with van der Waals surface area (Å²) in [6.07, 6.45) is 7.57. The number of halogens is 1. The molecule has 0 radical (unpaired) electrons. The van der Waals surface area contributed by atoms with Crippen LogP contribution in [0, 0.1) is 5.92 Å². The largest absolute Gasteiger partial charge is 0.492 e. The number of nitrogens with one attached hydrogen (secondary N) is 1. The fourth-order valence-electron chi connectivity index (χ4n) is 4.87. The molecule has 2 N–H and O–H groups in total. The molecule has 2 aliphatic carbocycles. The molecule has 0 amide bonds. The quantitative estimate of drug-likeness (QED) is 0.407. The first kappa shape index (κ1) is 25.0. The monoisotopic (exact) mass is 484 g/mol. The van der Waals surface area contributed by atoms with Gasteiger partial charge in [0, 0.05) is 23.4 Å². The van der Waals surface area contributed by atoms with Gasteiger partial charge in [0.25, 0.3) is 5.56 Å². The maximum Gasteiger partial charge on any atom is 0.251 e. The number of pyridine rings is 1. The van der Waals surface area contributed by atoms with E-state index < -0.39 is 0 Å². The molecule has 2 aliphatic rings. The van der Waals surface area contributed by atoms with Gasteiger partial charge in [0.15, 0.2) is 0 Å². The van der Waals surface area contributed by atoms with Gasteiger partial charge in [-0.25, -0.2) is 0 Å². The van der Waals surface area contributed by atoms with E-state index >= 15 is 0 Å². The molecule has 0 aliphatic heterocycles. The van der Waals surface area contributed by atoms with E-state index in [0.29, 0.717) is 23.3 Å². The number of allylic oxidation sites excluding steroid dienone is 1. The van der Waals surface area contributed by atoms with Crippen LogP contribution in [0.25, 0.3) is 5.57 Å². The van der Waals surface area contributed by atoms with Crippen molar-refractivity contribution >= 4 is 17.2 Å². The second-order valence-electron chi connectivity index (χ2n) is 9.61. The van der Waals surface area contributed by atoms with E-state index in [1.54, 1.807) is 0 Å². The van der Waals surface area contributed by atoms with Crippen molar-refractivity contribution in [1.29, 1.82) is 0 Å². The second kappa shape index (κ2) is 11.6. The molecular formula is C28H37ClN2O3. The summed E-state index contributed by atoms with van der Waals surface area (Å²) >= 11 is 6.63. The second-order valence-corrected chi connectivity index (χ2v) is 10.0. The molecule has 6 heteroatoms. The van der Waals surface area contributed by atoms with Crippen LogP contribution in [0.4, 0.5) is 0 Å². The van der Waals surface area contributed by atoms with Gasteiger partial charge in [0.05, 0.1) is 17.7 Å². The third-order valence-electron chi connectivity index (χ3n) is 7.11. The van der Waals surface area contributed by atoms with Crippen LogP contribution in [-0.2, 0) is 0 Å². The summed E-state index contributed by atoms with van der Waals surface area (Å²) in [5, 5.41) is 10.6. The third-order valence-corrected chi connectivity index (χ3v) is 7.40. The lowest BCUT2D eigenvalue weighted by atomic mass is 9.95. The van der Waals surface area contributed by atoms with Crippen molar-refractivity contribution in [1.82, 2.24) is 9.88 Å². The summed E-state index contributed by atoms with van der Waals surface area (Å²) in [7, 11) is 0. The Morgan fingerprint density at radius 2 is 1.97 bits per heavy atom. The van der Waals surface area contributed by atoms with Crippen molar-refractivity contribution in [3.63, 3.8) is 0 Å². The zero-order valence-corrected chi connectivity index (χ0v) is 21.1. The Hall–Kier alpha value is -2.08. The molecule has 0 spiro atoms. The van der Waals surface area contributed by atoms with Crippen LogP contribution in [0.3, 0.4) is 0 Å². The van der Waals surface area contributed by atoms with Crippen LogP contribution < -0.4 is 10.3 Å². The average Bonchev–Trinajstić information content (AvgIpc) is 3.59. The first-order chi connectivity index (χ1) is 16.5. The normalized spacial score (nSPS) is 20.8. The lowest BCUT2D eigenvalue weighted by Gasteiger charge is -2.18. The first-order valence-corrected chi connectivity index (χ1v) is 13.1. The van der Waals surface area contributed by atoms with Crippen LogP contribution in [0.15, 0.2) is 41.2 Å². The van der Waals surface area contributed by atoms with Gasteiger partial charge in [-0.3, -0.25) is 4.79 Å². The molecule has 1 aromatic heterocycles. The molecule has 2 saturated carbocycles. The molecule has 0 bridgehead atoms. The van der Waals surface area contributed by atoms with Crippen LogP contribution in [0.5, 0.6) is 5.75 Å². The number of rotatable bonds is 11. The van der Waals surface area contributed by atoms with E-state index in [9.17, 15) is 9.90 Å². The minimum atomic E-state index is -0.255. The van der Waals surface area contributed by atoms with E-state index in [-0.39, 0.29) is 17.6 Å². The third kappa shape index (κ3) is 6.32. The number of hydrogen-bond donors (Lipinski definition) is 2. The predicted molar refractivity (Wildman–Crippen MR) is 139 cm³/mol. The fourth-order valence-corrected chi connectivity index (χ4v) is 5.11. The Balaban J connectivity index is 1.54. The van der Waals surface area contributed by atoms with Gasteiger partial charge in [0.2, 0.25) is 0 Å². The molecular weight excluding hydrogens is 448 g/mol. The molecule has 2 aromatic rings. The molecule has 1 unspecified atom stereocenters. The number of aliphatic hydroxyl groups is 1. The molecule has 0 saturated heterocycles. The highest BCUT2D eigenvalue weighted by molar-refractivity contribution is 6.32. The van der Waals surface area contributed by atoms with Gasteiger partial charge >= 0.3 is 0 Å². The Morgan fingerprint density at radius 1 is 1.18 bits per heavy atom. The average molecular weight is 485 g/mol. The lowest BCUT2D eigenvalue weighted by molar-refractivity contribution is 0.180. The molecule has 1 aromatic carbocycles. The minimum absolute atomic E-state index is 0.00314. The standard InChI is InChI=1S/C28H37ClN2O3/c1-3-31(4-2)14-5-15-34-27-13-9-21(18-25(27)29)24(17-19-6-10-22(32)16-19)26-12-11-23(20-7-8-20)28(33)30-26/h9,11-13,17-20,22,32H,3-8,10,14-16H2,1-2H3,(H,30,33)/b24-17+/t19-,22?/m0/s1.